The average molecular weight is 518 g/mol. The van der Waals surface area contributed by atoms with Gasteiger partial charge in [0.15, 0.2) is 16.6 Å². The van der Waals surface area contributed by atoms with Crippen LogP contribution >= 0.6 is 0 Å². The number of halogens is 3. The van der Waals surface area contributed by atoms with Gasteiger partial charge >= 0.3 is 5.51 Å². The topological polar surface area (TPSA) is 107 Å². The summed E-state index contributed by atoms with van der Waals surface area (Å²) in [6.07, 6.45) is 8.44. The zero-order valence-corrected chi connectivity index (χ0v) is 19.8. The van der Waals surface area contributed by atoms with Crippen LogP contribution < -0.4 is 4.74 Å². The second-order valence-electron chi connectivity index (χ2n) is 7.76. The van der Waals surface area contributed by atoms with Crippen LogP contribution in [0.3, 0.4) is 0 Å². The molecule has 0 aliphatic carbocycles. The largest absolute Gasteiger partial charge is 0.487 e. The van der Waals surface area contributed by atoms with E-state index in [4.69, 9.17) is 9.15 Å². The zero-order valence-electron chi connectivity index (χ0n) is 18.9. The number of tetrazole rings is 1. The Morgan fingerprint density at radius 3 is 2.44 bits per heavy atom. The number of unbranched alkanes of at least 4 members (excludes halogenated alkanes) is 1. The molecule has 0 spiro atoms. The molecule has 2 heterocycles. The summed E-state index contributed by atoms with van der Waals surface area (Å²) in [6, 6.07) is 13.1. The molecule has 0 saturated carbocycles. The van der Waals surface area contributed by atoms with Crippen LogP contribution in [0.4, 0.5) is 13.2 Å². The normalized spacial score (nSPS) is 12.8. The molecule has 4 aromatic rings. The Kier molecular flexibility index (Phi) is 8.26. The van der Waals surface area contributed by atoms with Gasteiger partial charge in [0.1, 0.15) is 24.3 Å². The summed E-state index contributed by atoms with van der Waals surface area (Å²) in [7, 11) is -3.05. The molecule has 36 heavy (non-hydrogen) atoms. The van der Waals surface area contributed by atoms with Crippen molar-refractivity contribution in [3.8, 4) is 5.75 Å². The summed E-state index contributed by atoms with van der Waals surface area (Å²) in [4.78, 5) is 4.01. The molecule has 1 unspecified atom stereocenters. The van der Waals surface area contributed by atoms with Gasteiger partial charge in [0.05, 0.1) is 0 Å². The minimum absolute atomic E-state index is 0.222. The van der Waals surface area contributed by atoms with Gasteiger partial charge in [-0.25, -0.2) is 9.19 Å². The molecule has 0 aliphatic rings. The Balaban J connectivity index is 1.22. The number of benzene rings is 2. The van der Waals surface area contributed by atoms with Crippen molar-refractivity contribution < 1.29 is 26.5 Å². The molecule has 4 rings (SSSR count). The zero-order chi connectivity index (χ0) is 25.4. The number of H-pyrrole nitrogens is 1. The van der Waals surface area contributed by atoms with E-state index in [-0.39, 0.29) is 11.5 Å². The number of aromatic nitrogens is 5. The van der Waals surface area contributed by atoms with Crippen LogP contribution in [0, 0.1) is 0 Å². The maximum Gasteiger partial charge on any atom is 0.475 e. The number of aromatic amines is 1. The highest BCUT2D eigenvalue weighted by atomic mass is 32.2. The molecule has 0 aliphatic heterocycles. The molecule has 0 saturated heterocycles. The van der Waals surface area contributed by atoms with Crippen LogP contribution in [0.15, 0.2) is 64.1 Å². The molecule has 1 atom stereocenters. The number of aryl methyl sites for hydroxylation is 2. The minimum atomic E-state index is -4.78. The summed E-state index contributed by atoms with van der Waals surface area (Å²) >= 11 is 0. The number of ether oxygens (including phenoxy) is 1. The molecule has 2 aromatic heterocycles. The Bertz CT molecular complexity index is 1290. The first kappa shape index (κ1) is 25.3. The Morgan fingerprint density at radius 2 is 1.75 bits per heavy atom. The van der Waals surface area contributed by atoms with Gasteiger partial charge in [-0.15, -0.1) is 10.2 Å². The van der Waals surface area contributed by atoms with Crippen LogP contribution in [0.2, 0.25) is 0 Å². The second-order valence-corrected chi connectivity index (χ2v) is 9.23. The maximum absolute atomic E-state index is 12.5. The number of hydrogen-bond acceptors (Lipinski definition) is 7. The number of oxazole rings is 1. The summed E-state index contributed by atoms with van der Waals surface area (Å²) in [6.45, 7) is 0.222. The Labute approximate surface area is 207 Å². The lowest BCUT2D eigenvalue weighted by molar-refractivity contribution is -0.0384. The Morgan fingerprint density at radius 1 is 1.00 bits per heavy atom. The van der Waals surface area contributed by atoms with E-state index in [1.54, 1.807) is 12.2 Å². The van der Waals surface area contributed by atoms with Crippen molar-refractivity contribution in [1.29, 1.82) is 0 Å². The van der Waals surface area contributed by atoms with Crippen LogP contribution in [0.25, 0.3) is 12.2 Å². The predicted octanol–water partition coefficient (Wildman–Crippen LogP) is 5.13. The molecule has 0 amide bonds. The summed E-state index contributed by atoms with van der Waals surface area (Å²) in [5.41, 5.74) is -2.37. The van der Waals surface area contributed by atoms with Crippen molar-refractivity contribution in [3.05, 3.63) is 83.3 Å². The number of nitrogens with one attached hydrogen (secondary N) is 1. The third kappa shape index (κ3) is 7.35. The first-order chi connectivity index (χ1) is 17.4. The van der Waals surface area contributed by atoms with Crippen molar-refractivity contribution in [2.45, 2.75) is 42.7 Å². The van der Waals surface area contributed by atoms with E-state index >= 15 is 0 Å². The third-order valence-electron chi connectivity index (χ3n) is 5.11. The number of alkyl halides is 3. The lowest BCUT2D eigenvalue weighted by atomic mass is 10.1. The average Bonchev–Trinajstić information content (AvgIpc) is 3.56. The molecule has 1 N–H and O–H groups in total. The van der Waals surface area contributed by atoms with Gasteiger partial charge in [-0.2, -0.15) is 18.4 Å². The van der Waals surface area contributed by atoms with Gasteiger partial charge in [-0.3, -0.25) is 0 Å². The summed E-state index contributed by atoms with van der Waals surface area (Å²) in [5, 5.41) is 13.9. The summed E-state index contributed by atoms with van der Waals surface area (Å²) in [5.74, 6) is 1.76. The van der Waals surface area contributed by atoms with Crippen LogP contribution in [0.1, 0.15) is 41.4 Å². The van der Waals surface area contributed by atoms with Crippen LogP contribution in [0.5, 0.6) is 5.75 Å². The van der Waals surface area contributed by atoms with E-state index in [1.165, 1.54) is 36.1 Å². The van der Waals surface area contributed by atoms with Gasteiger partial charge in [-0.1, -0.05) is 29.5 Å². The molecule has 188 valence electrons. The van der Waals surface area contributed by atoms with Gasteiger partial charge in [0.2, 0.25) is 5.89 Å². The molecule has 0 fully saturated rings. The van der Waals surface area contributed by atoms with E-state index in [9.17, 15) is 17.4 Å². The standard InChI is InChI=1S/C24H22F3N5O3S/c25-24(26,27)36(33)21-12-7-18(8-13-21)9-14-23-28-19(16-35-23)15-34-20-10-5-17(6-11-20)3-1-2-4-22-29-31-32-30-22/h5-14,16H,1-4,15H2,(H,29,30,31,32). The number of hydrogen-bond donors (Lipinski definition) is 1. The van der Waals surface area contributed by atoms with Crippen molar-refractivity contribution in [2.75, 3.05) is 0 Å². The first-order valence-corrected chi connectivity index (χ1v) is 12.2. The molecule has 8 nitrogen and oxygen atoms in total. The molecule has 0 bridgehead atoms. The Hall–Kier alpha value is -3.80. The fourth-order valence-electron chi connectivity index (χ4n) is 3.28. The van der Waals surface area contributed by atoms with Gasteiger partial charge < -0.3 is 9.15 Å². The van der Waals surface area contributed by atoms with Crippen LogP contribution in [-0.2, 0) is 30.2 Å². The molecular formula is C24H22F3N5O3S. The molecule has 0 radical (unpaired) electrons. The lowest BCUT2D eigenvalue weighted by Gasteiger charge is -2.06. The van der Waals surface area contributed by atoms with Crippen molar-refractivity contribution in [3.63, 3.8) is 0 Å². The number of rotatable bonds is 11. The molecule has 12 heteroatoms. The molecular weight excluding hydrogens is 495 g/mol. The van der Waals surface area contributed by atoms with Crippen molar-refractivity contribution >= 4 is 23.0 Å². The van der Waals surface area contributed by atoms with E-state index in [2.05, 4.69) is 25.6 Å². The van der Waals surface area contributed by atoms with E-state index < -0.39 is 16.3 Å². The van der Waals surface area contributed by atoms with E-state index in [1.807, 2.05) is 24.3 Å². The number of nitrogens with zero attached hydrogens (tertiary/aromatic N) is 4. The first-order valence-electron chi connectivity index (χ1n) is 11.0. The fraction of sp³-hybridized carbons (Fsp3) is 0.250. The maximum atomic E-state index is 12.5. The van der Waals surface area contributed by atoms with Gasteiger partial charge in [-0.05, 0) is 60.7 Å². The second kappa shape index (κ2) is 11.8. The van der Waals surface area contributed by atoms with Crippen molar-refractivity contribution in [1.82, 2.24) is 25.6 Å². The van der Waals surface area contributed by atoms with Crippen molar-refractivity contribution in [2.24, 2.45) is 0 Å². The van der Waals surface area contributed by atoms with Gasteiger partial charge in [0, 0.05) is 17.4 Å². The lowest BCUT2D eigenvalue weighted by Crippen LogP contribution is -2.16. The van der Waals surface area contributed by atoms with Crippen LogP contribution in [-0.4, -0.2) is 35.3 Å². The van der Waals surface area contributed by atoms with E-state index in [0.717, 1.165) is 31.5 Å². The minimum Gasteiger partial charge on any atom is -0.487 e. The molecule has 2 aromatic carbocycles. The highest BCUT2D eigenvalue weighted by Crippen LogP contribution is 2.26. The third-order valence-corrected chi connectivity index (χ3v) is 6.23. The smallest absolute Gasteiger partial charge is 0.475 e. The van der Waals surface area contributed by atoms with E-state index in [0.29, 0.717) is 22.9 Å². The quantitative estimate of drug-likeness (QED) is 0.275. The monoisotopic (exact) mass is 517 g/mol. The SMILES string of the molecule is O=S(c1ccc(C=Cc2nc(COc3ccc(CCCCc4nn[nH]n4)cc3)co2)cc1)C(F)(F)F. The fourth-order valence-corrected chi connectivity index (χ4v) is 3.93. The predicted molar refractivity (Wildman–Crippen MR) is 126 cm³/mol. The highest BCUT2D eigenvalue weighted by molar-refractivity contribution is 7.86. The summed E-state index contributed by atoms with van der Waals surface area (Å²) < 4.78 is 60.1. The highest BCUT2D eigenvalue weighted by Gasteiger charge is 2.37. The van der Waals surface area contributed by atoms with Gasteiger partial charge in [0.25, 0.3) is 0 Å².